The highest BCUT2D eigenvalue weighted by Gasteiger charge is 2.44. The van der Waals surface area contributed by atoms with Crippen molar-refractivity contribution in [3.05, 3.63) is 64.7 Å². The number of rotatable bonds is 3. The predicted molar refractivity (Wildman–Crippen MR) is 91.9 cm³/mol. The lowest BCUT2D eigenvalue weighted by molar-refractivity contribution is -0.146. The molecular weight excluding hydrogens is 328 g/mol. The maximum absolute atomic E-state index is 12.1. The molecule has 0 unspecified atom stereocenters. The second-order valence-electron chi connectivity index (χ2n) is 5.56. The summed E-state index contributed by atoms with van der Waals surface area (Å²) in [5, 5.41) is 6.33. The number of hydrazone groups is 1. The monoisotopic (exact) mass is 344 g/mol. The van der Waals surface area contributed by atoms with Gasteiger partial charge in [-0.1, -0.05) is 23.7 Å². The molecule has 0 bridgehead atoms. The fourth-order valence-electron chi connectivity index (χ4n) is 2.60. The number of carbonyl (C=O) groups excluding carboxylic acids is 1. The largest absolute Gasteiger partial charge is 0.497 e. The van der Waals surface area contributed by atoms with Crippen molar-refractivity contribution in [1.29, 1.82) is 0 Å². The number of halogens is 1. The van der Waals surface area contributed by atoms with E-state index in [2.05, 4.69) is 5.10 Å². The second-order valence-corrected chi connectivity index (χ2v) is 5.99. The average molecular weight is 345 g/mol. The highest BCUT2D eigenvalue weighted by molar-refractivity contribution is 6.30. The van der Waals surface area contributed by atoms with Gasteiger partial charge in [-0.05, 0) is 36.4 Å². The van der Waals surface area contributed by atoms with Gasteiger partial charge in [0, 0.05) is 30.0 Å². The summed E-state index contributed by atoms with van der Waals surface area (Å²) < 4.78 is 11.2. The third kappa shape index (κ3) is 2.83. The van der Waals surface area contributed by atoms with E-state index in [-0.39, 0.29) is 5.91 Å². The Morgan fingerprint density at radius 2 is 1.79 bits per heavy atom. The first-order valence-corrected chi connectivity index (χ1v) is 7.81. The molecule has 1 atom stereocenters. The van der Waals surface area contributed by atoms with Crippen LogP contribution in [0.5, 0.6) is 5.75 Å². The van der Waals surface area contributed by atoms with Crippen molar-refractivity contribution < 1.29 is 14.3 Å². The molecule has 0 saturated heterocycles. The number of ether oxygens (including phenoxy) is 2. The Hall–Kier alpha value is -2.53. The number of hydrogen-bond donors (Lipinski definition) is 0. The van der Waals surface area contributed by atoms with Gasteiger partial charge in [-0.3, -0.25) is 4.79 Å². The SMILES string of the molecule is COc1ccc(C2=NN(C(C)=O)[C@@](C)(c3ccc(Cl)cc3)O2)cc1. The Bertz CT molecular complexity index is 787. The van der Waals surface area contributed by atoms with Gasteiger partial charge < -0.3 is 9.47 Å². The summed E-state index contributed by atoms with van der Waals surface area (Å²) >= 11 is 5.95. The third-order valence-corrected chi connectivity index (χ3v) is 4.16. The molecule has 1 aliphatic heterocycles. The Kier molecular flexibility index (Phi) is 4.20. The van der Waals surface area contributed by atoms with Gasteiger partial charge in [0.15, 0.2) is 0 Å². The van der Waals surface area contributed by atoms with Crippen molar-refractivity contribution in [2.24, 2.45) is 5.10 Å². The third-order valence-electron chi connectivity index (χ3n) is 3.91. The molecule has 0 saturated carbocycles. The number of benzene rings is 2. The van der Waals surface area contributed by atoms with Gasteiger partial charge in [0.1, 0.15) is 5.75 Å². The zero-order valence-corrected chi connectivity index (χ0v) is 14.4. The normalized spacial score (nSPS) is 19.7. The van der Waals surface area contributed by atoms with E-state index >= 15 is 0 Å². The predicted octanol–water partition coefficient (Wildman–Crippen LogP) is 3.76. The number of carbonyl (C=O) groups is 1. The van der Waals surface area contributed by atoms with E-state index in [1.165, 1.54) is 11.9 Å². The Balaban J connectivity index is 1.98. The molecule has 2 aromatic rings. The lowest BCUT2D eigenvalue weighted by Crippen LogP contribution is -2.41. The van der Waals surface area contributed by atoms with E-state index in [1.807, 2.05) is 36.4 Å². The van der Waals surface area contributed by atoms with Crippen LogP contribution in [-0.2, 0) is 15.3 Å². The molecule has 1 aliphatic rings. The molecule has 1 amide bonds. The van der Waals surface area contributed by atoms with Crippen LogP contribution in [0.15, 0.2) is 53.6 Å². The van der Waals surface area contributed by atoms with Gasteiger partial charge in [-0.15, -0.1) is 5.10 Å². The van der Waals surface area contributed by atoms with Gasteiger partial charge in [-0.25, -0.2) is 0 Å². The van der Waals surface area contributed by atoms with Crippen LogP contribution in [-0.4, -0.2) is 23.9 Å². The molecule has 2 aromatic carbocycles. The van der Waals surface area contributed by atoms with Crippen molar-refractivity contribution in [3.63, 3.8) is 0 Å². The van der Waals surface area contributed by atoms with Crippen LogP contribution in [0.3, 0.4) is 0 Å². The topological polar surface area (TPSA) is 51.1 Å². The highest BCUT2D eigenvalue weighted by atomic mass is 35.5. The molecule has 0 N–H and O–H groups in total. The summed E-state index contributed by atoms with van der Waals surface area (Å²) in [6.45, 7) is 3.26. The lowest BCUT2D eigenvalue weighted by atomic mass is 10.0. The molecule has 0 radical (unpaired) electrons. The van der Waals surface area contributed by atoms with Crippen LogP contribution in [0.25, 0.3) is 0 Å². The summed E-state index contributed by atoms with van der Waals surface area (Å²) in [5.41, 5.74) is 0.528. The highest BCUT2D eigenvalue weighted by Crippen LogP contribution is 2.37. The van der Waals surface area contributed by atoms with Crippen LogP contribution in [0, 0.1) is 0 Å². The quantitative estimate of drug-likeness (QED) is 0.851. The maximum Gasteiger partial charge on any atom is 0.243 e. The van der Waals surface area contributed by atoms with E-state index in [1.54, 1.807) is 26.2 Å². The molecule has 0 spiro atoms. The Morgan fingerprint density at radius 1 is 1.17 bits per heavy atom. The molecule has 124 valence electrons. The van der Waals surface area contributed by atoms with Crippen molar-refractivity contribution in [3.8, 4) is 5.75 Å². The number of amides is 1. The molecule has 0 fully saturated rings. The summed E-state index contributed by atoms with van der Waals surface area (Å²) in [4.78, 5) is 12.1. The second kappa shape index (κ2) is 6.17. The average Bonchev–Trinajstić information content (AvgIpc) is 2.94. The van der Waals surface area contributed by atoms with E-state index in [4.69, 9.17) is 21.1 Å². The molecule has 0 aromatic heterocycles. The Morgan fingerprint density at radius 3 is 2.33 bits per heavy atom. The van der Waals surface area contributed by atoms with Gasteiger partial charge in [0.05, 0.1) is 7.11 Å². The molecule has 6 heteroatoms. The summed E-state index contributed by atoms with van der Waals surface area (Å²) in [5.74, 6) is 0.905. The zero-order chi connectivity index (χ0) is 17.3. The molecule has 3 rings (SSSR count). The fraction of sp³-hybridized carbons (Fsp3) is 0.222. The summed E-state index contributed by atoms with van der Waals surface area (Å²) in [7, 11) is 1.60. The van der Waals surface area contributed by atoms with Crippen molar-refractivity contribution >= 4 is 23.4 Å². The van der Waals surface area contributed by atoms with Crippen LogP contribution >= 0.6 is 11.6 Å². The number of hydrogen-bond acceptors (Lipinski definition) is 4. The van der Waals surface area contributed by atoms with E-state index in [0.29, 0.717) is 10.9 Å². The maximum atomic E-state index is 12.1. The molecule has 1 heterocycles. The lowest BCUT2D eigenvalue weighted by Gasteiger charge is -2.31. The first kappa shape index (κ1) is 16.3. The molecule has 5 nitrogen and oxygen atoms in total. The summed E-state index contributed by atoms with van der Waals surface area (Å²) in [6.07, 6.45) is 0. The molecule has 24 heavy (non-hydrogen) atoms. The fourth-order valence-corrected chi connectivity index (χ4v) is 2.73. The first-order valence-electron chi connectivity index (χ1n) is 7.43. The van der Waals surface area contributed by atoms with Crippen LogP contribution < -0.4 is 4.74 Å². The van der Waals surface area contributed by atoms with E-state index in [9.17, 15) is 4.79 Å². The Labute approximate surface area is 145 Å². The molecule has 0 aliphatic carbocycles. The van der Waals surface area contributed by atoms with Crippen LogP contribution in [0.4, 0.5) is 0 Å². The van der Waals surface area contributed by atoms with Gasteiger partial charge >= 0.3 is 0 Å². The smallest absolute Gasteiger partial charge is 0.243 e. The standard InChI is InChI=1S/C18H17ClN2O3/c1-12(22)21-18(2,14-6-8-15(19)9-7-14)24-17(20-21)13-4-10-16(23-3)11-5-13/h4-11H,1-3H3/t18-/m1/s1. The van der Waals surface area contributed by atoms with Crippen molar-refractivity contribution in [1.82, 2.24) is 5.01 Å². The van der Waals surface area contributed by atoms with Crippen LogP contribution in [0.1, 0.15) is 25.0 Å². The first-order chi connectivity index (χ1) is 11.4. The van der Waals surface area contributed by atoms with Gasteiger partial charge in [0.2, 0.25) is 17.5 Å². The number of methoxy groups -OCH3 is 1. The van der Waals surface area contributed by atoms with E-state index < -0.39 is 5.72 Å². The van der Waals surface area contributed by atoms with Crippen molar-refractivity contribution in [2.45, 2.75) is 19.6 Å². The van der Waals surface area contributed by atoms with Gasteiger partial charge in [0.25, 0.3) is 0 Å². The van der Waals surface area contributed by atoms with Crippen molar-refractivity contribution in [2.75, 3.05) is 7.11 Å². The number of nitrogens with zero attached hydrogens (tertiary/aromatic N) is 2. The minimum atomic E-state index is -1.02. The zero-order valence-electron chi connectivity index (χ0n) is 13.6. The minimum absolute atomic E-state index is 0.212. The van der Waals surface area contributed by atoms with Crippen LogP contribution in [0.2, 0.25) is 5.02 Å². The van der Waals surface area contributed by atoms with E-state index in [0.717, 1.165) is 16.9 Å². The van der Waals surface area contributed by atoms with Gasteiger partial charge in [-0.2, -0.15) is 5.01 Å². The minimum Gasteiger partial charge on any atom is -0.497 e. The summed E-state index contributed by atoms with van der Waals surface area (Å²) in [6, 6.07) is 14.5. The molecular formula is C18H17ClN2O3.